The molecule has 6 nitrogen and oxygen atoms in total. The van der Waals surface area contributed by atoms with Gasteiger partial charge in [-0.2, -0.15) is 0 Å². The molecule has 7 heteroatoms. The molecule has 1 aliphatic rings. The summed E-state index contributed by atoms with van der Waals surface area (Å²) in [5.41, 5.74) is 3.99. The van der Waals surface area contributed by atoms with Gasteiger partial charge in [0.25, 0.3) is 5.91 Å². The van der Waals surface area contributed by atoms with Crippen LogP contribution in [0.4, 0.5) is 4.39 Å². The molecule has 166 valence electrons. The van der Waals surface area contributed by atoms with E-state index in [1.165, 1.54) is 24.3 Å². The molecule has 1 aliphatic heterocycles. The van der Waals surface area contributed by atoms with Crippen LogP contribution in [0.25, 0.3) is 22.7 Å². The van der Waals surface area contributed by atoms with E-state index in [1.54, 1.807) is 6.20 Å². The van der Waals surface area contributed by atoms with Gasteiger partial charge in [0.1, 0.15) is 5.82 Å². The number of aryl methyl sites for hydroxylation is 1. The number of piperidine rings is 1. The average molecular weight is 442 g/mol. The molecule has 2 aromatic carbocycles. The van der Waals surface area contributed by atoms with E-state index in [9.17, 15) is 9.18 Å². The normalized spacial score (nSPS) is 14.4. The highest BCUT2D eigenvalue weighted by Gasteiger charge is 2.28. The summed E-state index contributed by atoms with van der Waals surface area (Å²) in [5.74, 6) is 1.03. The highest BCUT2D eigenvalue weighted by atomic mass is 19.1. The van der Waals surface area contributed by atoms with Gasteiger partial charge in [-0.15, -0.1) is 0 Å². The molecule has 0 aliphatic carbocycles. The van der Waals surface area contributed by atoms with E-state index >= 15 is 0 Å². The van der Waals surface area contributed by atoms with Crippen molar-refractivity contribution < 1.29 is 13.7 Å². The molecule has 0 N–H and O–H groups in total. The Kier molecular flexibility index (Phi) is 5.69. The van der Waals surface area contributed by atoms with Crippen molar-refractivity contribution in [1.82, 2.24) is 20.0 Å². The number of rotatable bonds is 4. The Morgan fingerprint density at radius 1 is 1.06 bits per heavy atom. The maximum atomic E-state index is 13.2. The molecule has 0 atom stereocenters. The first-order chi connectivity index (χ1) is 16.1. The number of likely N-dealkylation sites (tertiary alicyclic amines) is 1. The van der Waals surface area contributed by atoms with Gasteiger partial charge in [0, 0.05) is 42.4 Å². The third-order valence-corrected chi connectivity index (χ3v) is 6.00. The minimum Gasteiger partial charge on any atom is -0.356 e. The van der Waals surface area contributed by atoms with Crippen LogP contribution in [0, 0.1) is 12.7 Å². The summed E-state index contributed by atoms with van der Waals surface area (Å²) < 4.78 is 18.7. The van der Waals surface area contributed by atoms with Gasteiger partial charge in [0.05, 0.1) is 17.0 Å². The zero-order valence-corrected chi connectivity index (χ0v) is 18.2. The fraction of sp³-hybridized carbons (Fsp3) is 0.231. The zero-order valence-electron chi connectivity index (χ0n) is 18.2. The van der Waals surface area contributed by atoms with E-state index in [0.717, 1.165) is 35.4 Å². The molecule has 1 saturated heterocycles. The molecule has 0 saturated carbocycles. The van der Waals surface area contributed by atoms with Crippen LogP contribution < -0.4 is 0 Å². The zero-order chi connectivity index (χ0) is 22.8. The van der Waals surface area contributed by atoms with E-state index in [1.807, 2.05) is 48.2 Å². The topological polar surface area (TPSA) is 72.1 Å². The minimum absolute atomic E-state index is 0.0767. The van der Waals surface area contributed by atoms with Crippen LogP contribution in [-0.4, -0.2) is 39.0 Å². The maximum Gasteiger partial charge on any atom is 0.253 e. The second-order valence-electron chi connectivity index (χ2n) is 8.26. The summed E-state index contributed by atoms with van der Waals surface area (Å²) in [7, 11) is 0. The van der Waals surface area contributed by atoms with Crippen molar-refractivity contribution in [2.45, 2.75) is 25.7 Å². The Hall–Kier alpha value is -3.87. The average Bonchev–Trinajstić information content (AvgIpc) is 3.30. The predicted molar refractivity (Wildman–Crippen MR) is 122 cm³/mol. The van der Waals surface area contributed by atoms with Gasteiger partial charge in [0.2, 0.25) is 0 Å². The van der Waals surface area contributed by atoms with Gasteiger partial charge in [-0.25, -0.2) is 14.4 Å². The lowest BCUT2D eigenvalue weighted by molar-refractivity contribution is 0.0712. The Labute approximate surface area is 191 Å². The Balaban J connectivity index is 1.42. The van der Waals surface area contributed by atoms with Gasteiger partial charge in [0.15, 0.2) is 11.6 Å². The first-order valence-corrected chi connectivity index (χ1v) is 11.0. The number of carbonyl (C=O) groups excluding carboxylic acids is 1. The molecular formula is C26H23FN4O2. The number of hydrogen-bond donors (Lipinski definition) is 0. The quantitative estimate of drug-likeness (QED) is 0.431. The lowest BCUT2D eigenvalue weighted by Gasteiger charge is -2.32. The molecule has 0 radical (unpaired) electrons. The van der Waals surface area contributed by atoms with Crippen molar-refractivity contribution in [3.8, 4) is 22.7 Å². The fourth-order valence-corrected chi connectivity index (χ4v) is 4.24. The predicted octanol–water partition coefficient (Wildman–Crippen LogP) is 5.27. The molecule has 33 heavy (non-hydrogen) atoms. The molecule has 2 aromatic heterocycles. The summed E-state index contributed by atoms with van der Waals surface area (Å²) in [5, 5.41) is 4.02. The molecule has 5 rings (SSSR count). The van der Waals surface area contributed by atoms with Crippen molar-refractivity contribution in [2.75, 3.05) is 13.1 Å². The SMILES string of the molecule is Cc1cc(-c2cnc(-c3ccccc3)nc2C2CCN(C(=O)c3ccc(F)cc3)CC2)on1. The van der Waals surface area contributed by atoms with Crippen molar-refractivity contribution in [3.05, 3.63) is 89.6 Å². The number of aromatic nitrogens is 3. The second kappa shape index (κ2) is 8.94. The lowest BCUT2D eigenvalue weighted by atomic mass is 9.89. The summed E-state index contributed by atoms with van der Waals surface area (Å²) in [6.07, 6.45) is 3.33. The summed E-state index contributed by atoms with van der Waals surface area (Å²) in [6.45, 7) is 3.08. The minimum atomic E-state index is -0.349. The van der Waals surface area contributed by atoms with Crippen LogP contribution in [0.5, 0.6) is 0 Å². The van der Waals surface area contributed by atoms with Crippen molar-refractivity contribution in [1.29, 1.82) is 0 Å². The third-order valence-electron chi connectivity index (χ3n) is 6.00. The summed E-state index contributed by atoms with van der Waals surface area (Å²) in [4.78, 5) is 24.2. The Morgan fingerprint density at radius 3 is 2.45 bits per heavy atom. The fourth-order valence-electron chi connectivity index (χ4n) is 4.24. The van der Waals surface area contributed by atoms with Gasteiger partial charge in [-0.3, -0.25) is 4.79 Å². The third kappa shape index (κ3) is 4.39. The van der Waals surface area contributed by atoms with Crippen molar-refractivity contribution in [2.24, 2.45) is 0 Å². The molecule has 3 heterocycles. The highest BCUT2D eigenvalue weighted by molar-refractivity contribution is 5.94. The molecule has 0 bridgehead atoms. The molecular weight excluding hydrogens is 419 g/mol. The lowest BCUT2D eigenvalue weighted by Crippen LogP contribution is -2.38. The number of amides is 1. The first-order valence-electron chi connectivity index (χ1n) is 11.0. The molecule has 4 aromatic rings. The van der Waals surface area contributed by atoms with Gasteiger partial charge in [-0.1, -0.05) is 35.5 Å². The van der Waals surface area contributed by atoms with Crippen LogP contribution in [0.3, 0.4) is 0 Å². The highest BCUT2D eigenvalue weighted by Crippen LogP contribution is 2.35. The standard InChI is InChI=1S/C26H23FN4O2/c1-17-15-23(33-30-17)22-16-28-25(19-5-3-2-4-6-19)29-24(22)18-11-13-31(14-12-18)26(32)20-7-9-21(27)10-8-20/h2-10,15-16,18H,11-14H2,1H3. The number of carbonyl (C=O) groups is 1. The number of hydrogen-bond acceptors (Lipinski definition) is 5. The van der Waals surface area contributed by atoms with Crippen molar-refractivity contribution in [3.63, 3.8) is 0 Å². The van der Waals surface area contributed by atoms with Crippen LogP contribution in [0.15, 0.2) is 71.4 Å². The number of nitrogens with zero attached hydrogens (tertiary/aromatic N) is 4. The van der Waals surface area contributed by atoms with E-state index in [4.69, 9.17) is 9.51 Å². The number of halogens is 1. The number of benzene rings is 2. The summed E-state index contributed by atoms with van der Waals surface area (Å²) >= 11 is 0. The van der Waals surface area contributed by atoms with E-state index in [2.05, 4.69) is 10.1 Å². The van der Waals surface area contributed by atoms with E-state index in [0.29, 0.717) is 30.2 Å². The largest absolute Gasteiger partial charge is 0.356 e. The van der Waals surface area contributed by atoms with Crippen LogP contribution in [-0.2, 0) is 0 Å². The van der Waals surface area contributed by atoms with Crippen molar-refractivity contribution >= 4 is 5.91 Å². The second-order valence-corrected chi connectivity index (χ2v) is 8.26. The maximum absolute atomic E-state index is 13.2. The molecule has 1 amide bonds. The molecule has 0 unspecified atom stereocenters. The molecule has 0 spiro atoms. The van der Waals surface area contributed by atoms with Gasteiger partial charge < -0.3 is 9.42 Å². The molecule has 1 fully saturated rings. The van der Waals surface area contributed by atoms with Gasteiger partial charge in [-0.05, 0) is 44.0 Å². The van der Waals surface area contributed by atoms with Gasteiger partial charge >= 0.3 is 0 Å². The first kappa shape index (κ1) is 21.0. The Bertz CT molecular complexity index is 1260. The van der Waals surface area contributed by atoms with Crippen LogP contribution in [0.2, 0.25) is 0 Å². The Morgan fingerprint density at radius 2 is 1.79 bits per heavy atom. The van der Waals surface area contributed by atoms with Crippen LogP contribution in [0.1, 0.15) is 40.5 Å². The summed E-state index contributed by atoms with van der Waals surface area (Å²) in [6, 6.07) is 17.5. The van der Waals surface area contributed by atoms with E-state index in [-0.39, 0.29) is 17.6 Å². The smallest absolute Gasteiger partial charge is 0.253 e. The monoisotopic (exact) mass is 442 g/mol. The van der Waals surface area contributed by atoms with Crippen LogP contribution >= 0.6 is 0 Å². The van der Waals surface area contributed by atoms with E-state index < -0.39 is 0 Å².